The molecule has 0 unspecified atom stereocenters. The zero-order valence-corrected chi connectivity index (χ0v) is 8.66. The van der Waals surface area contributed by atoms with Gasteiger partial charge in [0.2, 0.25) is 0 Å². The fourth-order valence-corrected chi connectivity index (χ4v) is 2.76. The van der Waals surface area contributed by atoms with Gasteiger partial charge in [-0.3, -0.25) is 0 Å². The third kappa shape index (κ3) is 2.10. The fraction of sp³-hybridized carbons (Fsp3) is 0.714. The predicted molar refractivity (Wildman–Crippen MR) is 50.3 cm³/mol. The summed E-state index contributed by atoms with van der Waals surface area (Å²) < 4.78 is 21.7. The van der Waals surface area contributed by atoms with Gasteiger partial charge in [-0.25, -0.2) is 8.42 Å². The topological polar surface area (TPSA) is 76.9 Å². The van der Waals surface area contributed by atoms with Crippen LogP contribution in [0.3, 0.4) is 0 Å². The normalized spacial score (nSPS) is 20.6. The quantitative estimate of drug-likeness (QED) is 0.679. The third-order valence-electron chi connectivity index (χ3n) is 2.13. The summed E-state index contributed by atoms with van der Waals surface area (Å²) in [5.74, 6) is 0.487. The lowest BCUT2D eigenvalue weighted by Gasteiger charge is -2.26. The Hall–Kier alpha value is -0.950. The first kappa shape index (κ1) is 9.60. The molecule has 2 heterocycles. The lowest BCUT2D eigenvalue weighted by molar-refractivity contribution is 0.506. The summed E-state index contributed by atoms with van der Waals surface area (Å²) in [6, 6.07) is 0.0852. The summed E-state index contributed by atoms with van der Waals surface area (Å²) in [6.45, 7) is 0.577. The number of aromatic nitrogens is 3. The molecule has 1 aromatic heterocycles. The van der Waals surface area contributed by atoms with Gasteiger partial charge in [0.1, 0.15) is 0 Å². The van der Waals surface area contributed by atoms with Crippen molar-refractivity contribution in [2.75, 3.05) is 11.5 Å². The van der Waals surface area contributed by atoms with Crippen LogP contribution in [0.5, 0.6) is 0 Å². The van der Waals surface area contributed by atoms with Crippen LogP contribution in [0, 0.1) is 0 Å². The largest absolute Gasteiger partial charge is 0.306 e. The first-order valence-electron chi connectivity index (χ1n) is 4.34. The molecule has 1 fully saturated rings. The minimum Gasteiger partial charge on any atom is -0.306 e. The Bertz CT molecular complexity index is 413. The highest BCUT2D eigenvalue weighted by molar-refractivity contribution is 7.92. The molecule has 1 aromatic rings. The van der Waals surface area contributed by atoms with Crippen LogP contribution in [0.2, 0.25) is 0 Å². The van der Waals surface area contributed by atoms with Gasteiger partial charge in [0, 0.05) is 19.6 Å². The molecule has 0 atom stereocenters. The Morgan fingerprint density at radius 2 is 2.36 bits per heavy atom. The number of aryl methyl sites for hydroxylation is 1. The smallest absolute Gasteiger partial charge is 0.153 e. The van der Waals surface area contributed by atoms with E-state index in [0.717, 1.165) is 5.69 Å². The van der Waals surface area contributed by atoms with E-state index >= 15 is 0 Å². The van der Waals surface area contributed by atoms with Gasteiger partial charge >= 0.3 is 0 Å². The Labute approximate surface area is 82.2 Å². The molecule has 2 rings (SSSR count). The Kier molecular flexibility index (Phi) is 2.28. The van der Waals surface area contributed by atoms with E-state index < -0.39 is 9.84 Å². The highest BCUT2D eigenvalue weighted by Crippen LogP contribution is 2.10. The van der Waals surface area contributed by atoms with Crippen LogP contribution in [-0.2, 0) is 23.4 Å². The third-order valence-corrected chi connectivity index (χ3v) is 3.95. The molecule has 0 spiro atoms. The Morgan fingerprint density at radius 3 is 2.86 bits per heavy atom. The van der Waals surface area contributed by atoms with E-state index in [4.69, 9.17) is 0 Å². The molecule has 1 aliphatic rings. The second-order valence-electron chi connectivity index (χ2n) is 3.48. The molecule has 0 amide bonds. The molecule has 1 N–H and O–H groups in total. The Balaban J connectivity index is 1.79. The van der Waals surface area contributed by atoms with Crippen LogP contribution in [0.1, 0.15) is 5.69 Å². The van der Waals surface area contributed by atoms with Gasteiger partial charge in [-0.05, 0) is 0 Å². The highest BCUT2D eigenvalue weighted by atomic mass is 32.2. The first-order valence-corrected chi connectivity index (χ1v) is 6.16. The standard InChI is InChI=1S/C7H12N4O2S/c1-11-9-3-6(10-11)2-8-7-4-14(12,13)5-7/h3,7-8H,2,4-5H2,1H3. The fourth-order valence-electron chi connectivity index (χ4n) is 1.40. The second-order valence-corrected chi connectivity index (χ2v) is 5.63. The summed E-state index contributed by atoms with van der Waals surface area (Å²) in [4.78, 5) is 1.48. The van der Waals surface area contributed by atoms with Gasteiger partial charge in [-0.2, -0.15) is 15.0 Å². The zero-order valence-electron chi connectivity index (χ0n) is 7.84. The highest BCUT2D eigenvalue weighted by Gasteiger charge is 2.32. The number of nitrogens with zero attached hydrogens (tertiary/aromatic N) is 3. The maximum atomic E-state index is 10.8. The molecule has 0 bridgehead atoms. The van der Waals surface area contributed by atoms with Crippen molar-refractivity contribution in [3.8, 4) is 0 Å². The van der Waals surface area contributed by atoms with E-state index in [9.17, 15) is 8.42 Å². The van der Waals surface area contributed by atoms with E-state index in [0.29, 0.717) is 6.54 Å². The van der Waals surface area contributed by atoms with Crippen LogP contribution in [-0.4, -0.2) is 41.0 Å². The van der Waals surface area contributed by atoms with Crippen LogP contribution in [0.15, 0.2) is 6.20 Å². The number of sulfone groups is 1. The monoisotopic (exact) mass is 216 g/mol. The van der Waals surface area contributed by atoms with Gasteiger partial charge < -0.3 is 5.32 Å². The van der Waals surface area contributed by atoms with Gasteiger partial charge in [0.15, 0.2) is 9.84 Å². The van der Waals surface area contributed by atoms with Crippen LogP contribution in [0.4, 0.5) is 0 Å². The molecule has 78 valence electrons. The average molecular weight is 216 g/mol. The molecule has 7 heteroatoms. The maximum Gasteiger partial charge on any atom is 0.153 e. The zero-order chi connectivity index (χ0) is 10.2. The predicted octanol–water partition coefficient (Wildman–Crippen LogP) is -1.30. The summed E-state index contributed by atoms with van der Waals surface area (Å²) >= 11 is 0. The molecule has 6 nitrogen and oxygen atoms in total. The minimum absolute atomic E-state index is 0.0852. The summed E-state index contributed by atoms with van der Waals surface area (Å²) in [5.41, 5.74) is 0.830. The van der Waals surface area contributed by atoms with E-state index in [1.165, 1.54) is 4.80 Å². The van der Waals surface area contributed by atoms with Gasteiger partial charge in [-0.1, -0.05) is 0 Å². The number of rotatable bonds is 3. The van der Waals surface area contributed by atoms with Crippen molar-refractivity contribution in [3.05, 3.63) is 11.9 Å². The lowest BCUT2D eigenvalue weighted by Crippen LogP contribution is -2.50. The molecule has 1 aliphatic heterocycles. The summed E-state index contributed by atoms with van der Waals surface area (Å²) in [6.07, 6.45) is 1.67. The molecular weight excluding hydrogens is 204 g/mol. The van der Waals surface area contributed by atoms with Crippen molar-refractivity contribution in [3.63, 3.8) is 0 Å². The molecule has 14 heavy (non-hydrogen) atoms. The van der Waals surface area contributed by atoms with Crippen molar-refractivity contribution >= 4 is 9.84 Å². The van der Waals surface area contributed by atoms with Crippen molar-refractivity contribution < 1.29 is 8.42 Å². The molecule has 0 radical (unpaired) electrons. The van der Waals surface area contributed by atoms with E-state index in [2.05, 4.69) is 15.5 Å². The van der Waals surface area contributed by atoms with E-state index in [1.54, 1.807) is 13.2 Å². The molecule has 0 aromatic carbocycles. The lowest BCUT2D eigenvalue weighted by atomic mass is 10.3. The molecule has 0 saturated carbocycles. The Morgan fingerprint density at radius 1 is 1.64 bits per heavy atom. The van der Waals surface area contributed by atoms with Gasteiger partial charge in [-0.15, -0.1) is 0 Å². The number of hydrogen-bond acceptors (Lipinski definition) is 5. The van der Waals surface area contributed by atoms with E-state index in [-0.39, 0.29) is 17.5 Å². The van der Waals surface area contributed by atoms with E-state index in [1.807, 2.05) is 0 Å². The average Bonchev–Trinajstić information content (AvgIpc) is 2.44. The van der Waals surface area contributed by atoms with Gasteiger partial charge in [0.05, 0.1) is 23.4 Å². The molecular formula is C7H12N4O2S. The van der Waals surface area contributed by atoms with Crippen LogP contribution >= 0.6 is 0 Å². The first-order chi connectivity index (χ1) is 6.55. The van der Waals surface area contributed by atoms with Crippen molar-refractivity contribution in [2.24, 2.45) is 7.05 Å². The van der Waals surface area contributed by atoms with Crippen LogP contribution < -0.4 is 5.32 Å². The van der Waals surface area contributed by atoms with Crippen LogP contribution in [0.25, 0.3) is 0 Å². The molecule has 1 saturated heterocycles. The molecule has 0 aliphatic carbocycles. The van der Waals surface area contributed by atoms with Gasteiger partial charge in [0.25, 0.3) is 0 Å². The number of nitrogens with one attached hydrogen (secondary N) is 1. The second kappa shape index (κ2) is 3.32. The minimum atomic E-state index is -2.73. The van der Waals surface area contributed by atoms with Crippen molar-refractivity contribution in [1.82, 2.24) is 20.3 Å². The van der Waals surface area contributed by atoms with Crippen molar-refractivity contribution in [1.29, 1.82) is 0 Å². The SMILES string of the molecule is Cn1ncc(CNC2CS(=O)(=O)C2)n1. The summed E-state index contributed by atoms with van der Waals surface area (Å²) in [7, 11) is -0.986. The maximum absolute atomic E-state index is 10.8. The number of hydrogen-bond donors (Lipinski definition) is 1. The van der Waals surface area contributed by atoms with Crippen molar-refractivity contribution in [2.45, 2.75) is 12.6 Å². The summed E-state index contributed by atoms with van der Waals surface area (Å²) in [5, 5.41) is 11.1.